The molecule has 0 radical (unpaired) electrons. The van der Waals surface area contributed by atoms with Crippen LogP contribution in [0.25, 0.3) is 11.3 Å². The lowest BCUT2D eigenvalue weighted by atomic mass is 10.1. The van der Waals surface area contributed by atoms with Gasteiger partial charge in [-0.25, -0.2) is 4.79 Å². The van der Waals surface area contributed by atoms with Crippen LogP contribution in [0, 0.1) is 0 Å². The summed E-state index contributed by atoms with van der Waals surface area (Å²) < 4.78 is 5.18. The lowest BCUT2D eigenvalue weighted by Gasteiger charge is -1.96. The summed E-state index contributed by atoms with van der Waals surface area (Å²) >= 11 is 5.79. The van der Waals surface area contributed by atoms with Crippen LogP contribution in [0.1, 0.15) is 5.69 Å². The molecule has 2 N–H and O–H groups in total. The summed E-state index contributed by atoms with van der Waals surface area (Å²) in [4.78, 5) is 10.3. The predicted octanol–water partition coefficient (Wildman–Crippen LogP) is 2.81. The molecule has 0 aliphatic heterocycles. The number of aromatic nitrogens is 1. The van der Waals surface area contributed by atoms with Gasteiger partial charge in [0.25, 0.3) is 0 Å². The van der Waals surface area contributed by atoms with Crippen LogP contribution in [0.4, 0.5) is 4.79 Å². The van der Waals surface area contributed by atoms with E-state index in [1.54, 1.807) is 18.2 Å². The van der Waals surface area contributed by atoms with E-state index in [0.29, 0.717) is 29.4 Å². The molecule has 2 aromatic rings. The first-order chi connectivity index (χ1) is 8.65. The first-order valence-electron chi connectivity index (χ1n) is 5.33. The molecule has 1 aromatic carbocycles. The third-order valence-electron chi connectivity index (χ3n) is 2.35. The SMILES string of the molecule is O=C(O)NCCc1cc(-c2ccc(Cl)cc2)on1. The highest BCUT2D eigenvalue weighted by Crippen LogP contribution is 2.22. The number of rotatable bonds is 4. The van der Waals surface area contributed by atoms with E-state index < -0.39 is 6.09 Å². The van der Waals surface area contributed by atoms with Gasteiger partial charge in [0, 0.05) is 29.6 Å². The van der Waals surface area contributed by atoms with Gasteiger partial charge in [-0.1, -0.05) is 16.8 Å². The molecular weight excluding hydrogens is 256 g/mol. The second-order valence-electron chi connectivity index (χ2n) is 3.67. The van der Waals surface area contributed by atoms with Gasteiger partial charge >= 0.3 is 6.09 Å². The molecule has 0 spiro atoms. The summed E-state index contributed by atoms with van der Waals surface area (Å²) in [6.45, 7) is 0.307. The van der Waals surface area contributed by atoms with E-state index in [1.165, 1.54) is 0 Å². The molecular formula is C12H11ClN2O3. The molecule has 0 fully saturated rings. The van der Waals surface area contributed by atoms with Gasteiger partial charge in [0.15, 0.2) is 5.76 Å². The molecule has 18 heavy (non-hydrogen) atoms. The first kappa shape index (κ1) is 12.4. The predicted molar refractivity (Wildman–Crippen MR) is 66.7 cm³/mol. The van der Waals surface area contributed by atoms with E-state index in [4.69, 9.17) is 21.2 Å². The summed E-state index contributed by atoms with van der Waals surface area (Å²) in [5.41, 5.74) is 1.58. The average molecular weight is 267 g/mol. The fourth-order valence-corrected chi connectivity index (χ4v) is 1.60. The fraction of sp³-hybridized carbons (Fsp3) is 0.167. The zero-order valence-electron chi connectivity index (χ0n) is 9.39. The third-order valence-corrected chi connectivity index (χ3v) is 2.60. The number of nitrogens with zero attached hydrogens (tertiary/aromatic N) is 1. The molecule has 6 heteroatoms. The van der Waals surface area contributed by atoms with Crippen molar-refractivity contribution >= 4 is 17.7 Å². The van der Waals surface area contributed by atoms with E-state index in [1.807, 2.05) is 12.1 Å². The minimum Gasteiger partial charge on any atom is -0.465 e. The van der Waals surface area contributed by atoms with E-state index >= 15 is 0 Å². The Morgan fingerprint density at radius 3 is 2.78 bits per heavy atom. The highest BCUT2D eigenvalue weighted by molar-refractivity contribution is 6.30. The largest absolute Gasteiger partial charge is 0.465 e. The molecule has 0 unspecified atom stereocenters. The number of hydrogen-bond acceptors (Lipinski definition) is 3. The highest BCUT2D eigenvalue weighted by Gasteiger charge is 2.06. The van der Waals surface area contributed by atoms with Crippen molar-refractivity contribution in [2.24, 2.45) is 0 Å². The van der Waals surface area contributed by atoms with Gasteiger partial charge in [0.1, 0.15) is 0 Å². The van der Waals surface area contributed by atoms with Crippen molar-refractivity contribution in [3.63, 3.8) is 0 Å². The van der Waals surface area contributed by atoms with Gasteiger partial charge in [-0.15, -0.1) is 0 Å². The summed E-state index contributed by atoms with van der Waals surface area (Å²) in [5, 5.41) is 15.2. The molecule has 0 atom stereocenters. The monoisotopic (exact) mass is 266 g/mol. The molecule has 5 nitrogen and oxygen atoms in total. The van der Waals surface area contributed by atoms with Gasteiger partial charge in [-0.05, 0) is 24.3 Å². The summed E-state index contributed by atoms with van der Waals surface area (Å²) in [7, 11) is 0. The molecule has 1 aromatic heterocycles. The lowest BCUT2D eigenvalue weighted by Crippen LogP contribution is -2.23. The topological polar surface area (TPSA) is 75.4 Å². The Kier molecular flexibility index (Phi) is 3.84. The second-order valence-corrected chi connectivity index (χ2v) is 4.11. The average Bonchev–Trinajstić information content (AvgIpc) is 2.78. The molecule has 1 amide bonds. The van der Waals surface area contributed by atoms with Gasteiger partial charge in [-0.3, -0.25) is 0 Å². The number of halogens is 1. The van der Waals surface area contributed by atoms with Crippen molar-refractivity contribution in [2.75, 3.05) is 6.54 Å². The molecule has 0 bridgehead atoms. The van der Waals surface area contributed by atoms with Crippen molar-refractivity contribution in [3.8, 4) is 11.3 Å². The number of nitrogens with one attached hydrogen (secondary N) is 1. The fourth-order valence-electron chi connectivity index (χ4n) is 1.48. The quantitative estimate of drug-likeness (QED) is 0.892. The maximum Gasteiger partial charge on any atom is 0.404 e. The molecule has 1 heterocycles. The molecule has 0 aliphatic rings. The molecule has 0 saturated heterocycles. The van der Waals surface area contributed by atoms with Crippen molar-refractivity contribution in [3.05, 3.63) is 41.0 Å². The Hall–Kier alpha value is -2.01. The molecule has 94 valence electrons. The Bertz CT molecular complexity index is 537. The van der Waals surface area contributed by atoms with Crippen molar-refractivity contribution < 1.29 is 14.4 Å². The summed E-state index contributed by atoms with van der Waals surface area (Å²) in [5.74, 6) is 0.636. The first-order valence-corrected chi connectivity index (χ1v) is 5.71. The second kappa shape index (κ2) is 5.55. The van der Waals surface area contributed by atoms with Crippen LogP contribution >= 0.6 is 11.6 Å². The molecule has 0 saturated carbocycles. The number of amides is 1. The zero-order chi connectivity index (χ0) is 13.0. The van der Waals surface area contributed by atoms with Gasteiger partial charge in [-0.2, -0.15) is 0 Å². The number of benzene rings is 1. The van der Waals surface area contributed by atoms with Crippen molar-refractivity contribution in [2.45, 2.75) is 6.42 Å². The minimum absolute atomic E-state index is 0.307. The van der Waals surface area contributed by atoms with Gasteiger partial charge in [0.05, 0.1) is 5.69 Å². The Labute approximate surface area is 108 Å². The number of hydrogen-bond donors (Lipinski definition) is 2. The Morgan fingerprint density at radius 1 is 1.39 bits per heavy atom. The van der Waals surface area contributed by atoms with E-state index in [0.717, 1.165) is 5.56 Å². The molecule has 2 rings (SSSR count). The lowest BCUT2D eigenvalue weighted by molar-refractivity contribution is 0.194. The van der Waals surface area contributed by atoms with Crippen molar-refractivity contribution in [1.82, 2.24) is 10.5 Å². The minimum atomic E-state index is -1.04. The van der Waals surface area contributed by atoms with Crippen molar-refractivity contribution in [1.29, 1.82) is 0 Å². The third kappa shape index (κ3) is 3.24. The maximum atomic E-state index is 10.3. The van der Waals surface area contributed by atoms with Crippen LogP contribution < -0.4 is 5.32 Å². The number of carboxylic acid groups (broad SMARTS) is 1. The van der Waals surface area contributed by atoms with E-state index in [-0.39, 0.29) is 0 Å². The van der Waals surface area contributed by atoms with Gasteiger partial charge < -0.3 is 14.9 Å². The smallest absolute Gasteiger partial charge is 0.404 e. The standard InChI is InChI=1S/C12H11ClN2O3/c13-9-3-1-8(2-4-9)11-7-10(15-18-11)5-6-14-12(16)17/h1-4,7,14H,5-6H2,(H,16,17). The summed E-state index contributed by atoms with van der Waals surface area (Å²) in [6, 6.07) is 8.99. The normalized spacial score (nSPS) is 10.3. The zero-order valence-corrected chi connectivity index (χ0v) is 10.1. The molecule has 0 aliphatic carbocycles. The Morgan fingerprint density at radius 2 is 2.11 bits per heavy atom. The maximum absolute atomic E-state index is 10.3. The Balaban J connectivity index is 2.01. The van der Waals surface area contributed by atoms with E-state index in [9.17, 15) is 4.79 Å². The van der Waals surface area contributed by atoms with Crippen LogP contribution in [0.5, 0.6) is 0 Å². The van der Waals surface area contributed by atoms with Crippen LogP contribution in [-0.4, -0.2) is 22.9 Å². The number of carbonyl (C=O) groups is 1. The van der Waals surface area contributed by atoms with Crippen LogP contribution in [0.2, 0.25) is 5.02 Å². The van der Waals surface area contributed by atoms with Crippen LogP contribution in [-0.2, 0) is 6.42 Å². The van der Waals surface area contributed by atoms with E-state index in [2.05, 4.69) is 10.5 Å². The van der Waals surface area contributed by atoms with Gasteiger partial charge in [0.2, 0.25) is 0 Å². The highest BCUT2D eigenvalue weighted by atomic mass is 35.5. The van der Waals surface area contributed by atoms with Crippen LogP contribution in [0.3, 0.4) is 0 Å². The van der Waals surface area contributed by atoms with Crippen LogP contribution in [0.15, 0.2) is 34.9 Å². The summed E-state index contributed by atoms with van der Waals surface area (Å²) in [6.07, 6.45) is -0.556.